The second kappa shape index (κ2) is 4.02. The van der Waals surface area contributed by atoms with Crippen molar-refractivity contribution < 1.29 is 18.9 Å². The van der Waals surface area contributed by atoms with Crippen LogP contribution >= 0.6 is 0 Å². The maximum Gasteiger partial charge on any atom is 0.286 e. The van der Waals surface area contributed by atoms with E-state index in [1.54, 1.807) is 6.26 Å². The Labute approximate surface area is 95.5 Å². The van der Waals surface area contributed by atoms with Crippen molar-refractivity contribution in [3.8, 4) is 0 Å². The molecule has 16 heavy (non-hydrogen) atoms. The summed E-state index contributed by atoms with van der Waals surface area (Å²) in [7, 11) is 0. The summed E-state index contributed by atoms with van der Waals surface area (Å²) in [5, 5.41) is 0. The van der Waals surface area contributed by atoms with Crippen LogP contribution < -0.4 is 0 Å². The summed E-state index contributed by atoms with van der Waals surface area (Å²) in [5.41, 5.74) is 0. The van der Waals surface area contributed by atoms with Crippen LogP contribution in [0.25, 0.3) is 0 Å². The van der Waals surface area contributed by atoms with Crippen molar-refractivity contribution in [2.24, 2.45) is 0 Å². The second-order valence-corrected chi connectivity index (χ2v) is 4.67. The Morgan fingerprint density at radius 1 is 1.00 bits per heavy atom. The zero-order valence-corrected chi connectivity index (χ0v) is 9.44. The van der Waals surface area contributed by atoms with Crippen LogP contribution in [0.2, 0.25) is 0 Å². The Morgan fingerprint density at radius 2 is 2.00 bits per heavy atom. The summed E-state index contributed by atoms with van der Waals surface area (Å²) >= 11 is 0. The Hall–Kier alpha value is -0.580. The first-order chi connectivity index (χ1) is 7.83. The lowest BCUT2D eigenvalue weighted by Crippen LogP contribution is -2.40. The average molecular weight is 226 g/mol. The Morgan fingerprint density at radius 3 is 2.88 bits per heavy atom. The average Bonchev–Trinajstić information content (AvgIpc) is 2.50. The van der Waals surface area contributed by atoms with E-state index in [1.165, 1.54) is 6.42 Å². The second-order valence-electron chi connectivity index (χ2n) is 4.67. The molecule has 0 bridgehead atoms. The quantitative estimate of drug-likeness (QED) is 0.635. The maximum atomic E-state index is 5.98. The molecule has 2 fully saturated rings. The highest BCUT2D eigenvalue weighted by atomic mass is 16.9. The Balaban J connectivity index is 1.72. The molecule has 3 aliphatic rings. The predicted octanol–water partition coefficient (Wildman–Crippen LogP) is 2.30. The van der Waals surface area contributed by atoms with Gasteiger partial charge in [0.05, 0.1) is 12.9 Å². The first-order valence-corrected chi connectivity index (χ1v) is 6.14. The van der Waals surface area contributed by atoms with Gasteiger partial charge in [0, 0.05) is 12.8 Å². The topological polar surface area (TPSA) is 36.9 Å². The van der Waals surface area contributed by atoms with Gasteiger partial charge in [-0.2, -0.15) is 0 Å². The molecular weight excluding hydrogens is 208 g/mol. The number of hydrogen-bond acceptors (Lipinski definition) is 4. The lowest BCUT2D eigenvalue weighted by molar-refractivity contribution is -0.368. The Kier molecular flexibility index (Phi) is 2.65. The van der Waals surface area contributed by atoms with Gasteiger partial charge in [0.25, 0.3) is 5.97 Å². The van der Waals surface area contributed by atoms with Gasteiger partial charge in [-0.05, 0) is 25.3 Å². The highest BCUT2D eigenvalue weighted by Crippen LogP contribution is 2.41. The SMILES string of the molecule is C1=COC2(CC1)COC1(CCCCCO1)O2. The van der Waals surface area contributed by atoms with Gasteiger partial charge in [-0.3, -0.25) is 4.74 Å². The van der Waals surface area contributed by atoms with Crippen molar-refractivity contribution in [3.63, 3.8) is 0 Å². The van der Waals surface area contributed by atoms with Gasteiger partial charge in [0.15, 0.2) is 0 Å². The first kappa shape index (κ1) is 10.6. The molecule has 2 unspecified atom stereocenters. The molecule has 3 rings (SSSR count). The third-order valence-electron chi connectivity index (χ3n) is 3.37. The molecule has 4 heteroatoms. The fourth-order valence-electron chi connectivity index (χ4n) is 2.46. The minimum atomic E-state index is -0.832. The van der Waals surface area contributed by atoms with Crippen LogP contribution in [0.5, 0.6) is 0 Å². The minimum Gasteiger partial charge on any atom is -0.468 e. The molecule has 0 aromatic heterocycles. The standard InChI is InChI=1S/C12H18O4/c1-2-7-12(14-9-4-1)15-10-11(16-12)6-3-5-8-13-11/h5,8H,1-4,6-7,9-10H2. The molecule has 0 saturated carbocycles. The van der Waals surface area contributed by atoms with E-state index in [2.05, 4.69) is 0 Å². The van der Waals surface area contributed by atoms with Gasteiger partial charge in [-0.1, -0.05) is 6.42 Å². The van der Waals surface area contributed by atoms with Gasteiger partial charge in [-0.25, -0.2) is 0 Å². The molecule has 0 aromatic rings. The van der Waals surface area contributed by atoms with E-state index in [0.717, 1.165) is 32.1 Å². The molecule has 3 aliphatic heterocycles. The zero-order chi connectivity index (χ0) is 10.9. The third kappa shape index (κ3) is 1.85. The van der Waals surface area contributed by atoms with Gasteiger partial charge >= 0.3 is 0 Å². The van der Waals surface area contributed by atoms with E-state index in [-0.39, 0.29) is 0 Å². The number of hydrogen-bond donors (Lipinski definition) is 0. The lowest BCUT2D eigenvalue weighted by atomic mass is 10.1. The van der Waals surface area contributed by atoms with Gasteiger partial charge in [0.1, 0.15) is 6.61 Å². The maximum absolute atomic E-state index is 5.98. The molecule has 2 atom stereocenters. The molecular formula is C12H18O4. The van der Waals surface area contributed by atoms with Crippen LogP contribution in [0.4, 0.5) is 0 Å². The van der Waals surface area contributed by atoms with Crippen molar-refractivity contribution in [2.45, 2.75) is 50.3 Å². The molecule has 0 aliphatic carbocycles. The van der Waals surface area contributed by atoms with Crippen molar-refractivity contribution >= 4 is 0 Å². The van der Waals surface area contributed by atoms with Crippen LogP contribution in [0.3, 0.4) is 0 Å². The fraction of sp³-hybridized carbons (Fsp3) is 0.833. The van der Waals surface area contributed by atoms with Crippen LogP contribution in [-0.2, 0) is 18.9 Å². The van der Waals surface area contributed by atoms with Crippen molar-refractivity contribution in [3.05, 3.63) is 12.3 Å². The van der Waals surface area contributed by atoms with Gasteiger partial charge in [0.2, 0.25) is 5.79 Å². The summed E-state index contributed by atoms with van der Waals surface area (Å²) in [6, 6.07) is 0. The normalized spacial score (nSPS) is 43.5. The van der Waals surface area contributed by atoms with Crippen molar-refractivity contribution in [2.75, 3.05) is 13.2 Å². The predicted molar refractivity (Wildman–Crippen MR) is 56.4 cm³/mol. The van der Waals surface area contributed by atoms with Crippen LogP contribution in [0, 0.1) is 0 Å². The smallest absolute Gasteiger partial charge is 0.286 e. The van der Waals surface area contributed by atoms with Crippen LogP contribution in [0.1, 0.15) is 38.5 Å². The van der Waals surface area contributed by atoms with Gasteiger partial charge in [-0.15, -0.1) is 0 Å². The van der Waals surface area contributed by atoms with E-state index in [0.29, 0.717) is 13.2 Å². The molecule has 90 valence electrons. The summed E-state index contributed by atoms with van der Waals surface area (Å²) < 4.78 is 23.0. The van der Waals surface area contributed by atoms with Crippen LogP contribution in [-0.4, -0.2) is 25.0 Å². The van der Waals surface area contributed by atoms with E-state index < -0.39 is 11.8 Å². The summed E-state index contributed by atoms with van der Waals surface area (Å²) in [6.07, 6.45) is 9.70. The largest absolute Gasteiger partial charge is 0.468 e. The van der Waals surface area contributed by atoms with E-state index in [4.69, 9.17) is 18.9 Å². The highest BCUT2D eigenvalue weighted by molar-refractivity contribution is 4.91. The summed E-state index contributed by atoms with van der Waals surface area (Å²) in [6.45, 7) is 1.18. The van der Waals surface area contributed by atoms with E-state index in [1.807, 2.05) is 6.08 Å². The van der Waals surface area contributed by atoms with Crippen LogP contribution in [0.15, 0.2) is 12.3 Å². The van der Waals surface area contributed by atoms with E-state index in [9.17, 15) is 0 Å². The molecule has 2 spiro atoms. The third-order valence-corrected chi connectivity index (χ3v) is 3.37. The van der Waals surface area contributed by atoms with Crippen molar-refractivity contribution in [1.29, 1.82) is 0 Å². The first-order valence-electron chi connectivity index (χ1n) is 6.14. The lowest BCUT2D eigenvalue weighted by Gasteiger charge is -2.32. The molecule has 0 N–H and O–H groups in total. The Bertz CT molecular complexity index is 281. The van der Waals surface area contributed by atoms with E-state index >= 15 is 0 Å². The summed E-state index contributed by atoms with van der Waals surface area (Å²) in [4.78, 5) is 0. The number of rotatable bonds is 0. The highest BCUT2D eigenvalue weighted by Gasteiger charge is 2.53. The zero-order valence-electron chi connectivity index (χ0n) is 9.44. The number of ether oxygens (including phenoxy) is 4. The molecule has 2 saturated heterocycles. The number of allylic oxidation sites excluding steroid dienone is 1. The molecule has 3 heterocycles. The fourth-order valence-corrected chi connectivity index (χ4v) is 2.46. The summed E-state index contributed by atoms with van der Waals surface area (Å²) in [5.74, 6) is -1.43. The molecule has 0 amide bonds. The monoisotopic (exact) mass is 226 g/mol. The molecule has 4 nitrogen and oxygen atoms in total. The molecule has 0 radical (unpaired) electrons. The minimum absolute atomic E-state index is 0.470. The molecule has 0 aromatic carbocycles. The van der Waals surface area contributed by atoms with Crippen molar-refractivity contribution in [1.82, 2.24) is 0 Å². The van der Waals surface area contributed by atoms with Gasteiger partial charge < -0.3 is 14.2 Å².